The summed E-state index contributed by atoms with van der Waals surface area (Å²) in [6.07, 6.45) is 8.66. The van der Waals surface area contributed by atoms with Gasteiger partial charge in [-0.2, -0.15) is 0 Å². The molecule has 1 aliphatic carbocycles. The summed E-state index contributed by atoms with van der Waals surface area (Å²) < 4.78 is 1.33. The van der Waals surface area contributed by atoms with Crippen LogP contribution in [0, 0.1) is 0 Å². The molecule has 7 aromatic rings. The van der Waals surface area contributed by atoms with Crippen molar-refractivity contribution in [1.29, 1.82) is 0 Å². The van der Waals surface area contributed by atoms with Crippen molar-refractivity contribution in [3.63, 3.8) is 0 Å². The third-order valence-corrected chi connectivity index (χ3v) is 10.8. The molecular formula is C47H33NS. The van der Waals surface area contributed by atoms with Gasteiger partial charge in [-0.3, -0.25) is 4.99 Å². The quantitative estimate of drug-likeness (QED) is 0.177. The molecule has 2 heterocycles. The van der Waals surface area contributed by atoms with Crippen LogP contribution in [0.3, 0.4) is 0 Å². The Morgan fingerprint density at radius 3 is 1.98 bits per heavy atom. The fourth-order valence-electron chi connectivity index (χ4n) is 7.13. The Morgan fingerprint density at radius 1 is 0.490 bits per heavy atom. The van der Waals surface area contributed by atoms with Gasteiger partial charge in [0.25, 0.3) is 0 Å². The molecule has 1 nitrogen and oxygen atoms in total. The first-order valence-corrected chi connectivity index (χ1v) is 17.7. The summed E-state index contributed by atoms with van der Waals surface area (Å²) in [5, 5.41) is 1.32. The Bertz CT molecular complexity index is 2460. The largest absolute Gasteiger partial charge is 0.252 e. The average molecular weight is 644 g/mol. The fourth-order valence-corrected chi connectivity index (χ4v) is 8.40. The van der Waals surface area contributed by atoms with Crippen LogP contribution in [-0.4, -0.2) is 5.71 Å². The van der Waals surface area contributed by atoms with Crippen molar-refractivity contribution >= 4 is 44.0 Å². The maximum absolute atomic E-state index is 5.42. The number of hydrogen-bond donors (Lipinski definition) is 0. The smallest absolute Gasteiger partial charge is 0.0711 e. The van der Waals surface area contributed by atoms with Gasteiger partial charge < -0.3 is 0 Å². The number of rotatable bonds is 5. The first kappa shape index (κ1) is 29.3. The van der Waals surface area contributed by atoms with E-state index in [9.17, 15) is 0 Å². The Balaban J connectivity index is 1.15. The third-order valence-electron chi connectivity index (χ3n) is 9.62. The van der Waals surface area contributed by atoms with Crippen molar-refractivity contribution in [2.45, 2.75) is 12.8 Å². The van der Waals surface area contributed by atoms with Crippen LogP contribution < -0.4 is 0 Å². The minimum Gasteiger partial charge on any atom is -0.252 e. The van der Waals surface area contributed by atoms with E-state index in [-0.39, 0.29) is 0 Å². The molecule has 1 aliphatic heterocycles. The number of hydrogen-bond acceptors (Lipinski definition) is 2. The van der Waals surface area contributed by atoms with Crippen LogP contribution in [0.5, 0.6) is 0 Å². The lowest BCUT2D eigenvalue weighted by molar-refractivity contribution is 1.29. The van der Waals surface area contributed by atoms with Crippen molar-refractivity contribution in [2.24, 2.45) is 4.99 Å². The van der Waals surface area contributed by atoms with Gasteiger partial charge in [-0.1, -0.05) is 158 Å². The number of thiophene rings is 1. The van der Waals surface area contributed by atoms with Gasteiger partial charge in [0.15, 0.2) is 0 Å². The topological polar surface area (TPSA) is 12.4 Å². The zero-order chi connectivity index (χ0) is 32.6. The summed E-state index contributed by atoms with van der Waals surface area (Å²) >= 11 is 1.90. The molecule has 0 saturated heterocycles. The van der Waals surface area contributed by atoms with Crippen LogP contribution in [-0.2, 0) is 6.42 Å². The van der Waals surface area contributed by atoms with Gasteiger partial charge in [-0.15, -0.1) is 11.3 Å². The summed E-state index contributed by atoms with van der Waals surface area (Å²) in [6, 6.07) is 56.8. The second kappa shape index (κ2) is 12.6. The van der Waals surface area contributed by atoms with Crippen molar-refractivity contribution in [2.75, 3.05) is 0 Å². The molecule has 0 N–H and O–H groups in total. The van der Waals surface area contributed by atoms with Gasteiger partial charge in [-0.25, -0.2) is 0 Å². The van der Waals surface area contributed by atoms with Gasteiger partial charge in [0.1, 0.15) is 0 Å². The lowest BCUT2D eigenvalue weighted by Crippen LogP contribution is -2.01. The number of aliphatic imine (C=N–C) groups is 1. The van der Waals surface area contributed by atoms with Crippen LogP contribution in [0.25, 0.3) is 48.5 Å². The SMILES string of the molecule is C1=C(c2ccccc2)C=C(c2ccc(-c3ccccc3)cc2)N=C(c2cccc(C3=CCc4ccccc4-c4sc5ccccc5c43)c2)C1. The zero-order valence-corrected chi connectivity index (χ0v) is 27.8. The Morgan fingerprint density at radius 2 is 1.14 bits per heavy atom. The third kappa shape index (κ3) is 5.61. The Labute approximate surface area is 291 Å². The second-order valence-corrected chi connectivity index (χ2v) is 13.7. The number of fused-ring (bicyclic) bond motifs is 5. The Hall–Kier alpha value is -5.83. The predicted octanol–water partition coefficient (Wildman–Crippen LogP) is 12.5. The Kier molecular flexibility index (Phi) is 7.57. The molecule has 6 aromatic carbocycles. The van der Waals surface area contributed by atoms with E-state index in [1.165, 1.54) is 65.1 Å². The molecule has 2 aliphatic rings. The molecule has 0 bridgehead atoms. The highest BCUT2D eigenvalue weighted by atomic mass is 32.1. The first-order valence-electron chi connectivity index (χ1n) is 16.9. The predicted molar refractivity (Wildman–Crippen MR) is 210 cm³/mol. The van der Waals surface area contributed by atoms with Gasteiger partial charge in [-0.05, 0) is 74.7 Å². The molecule has 49 heavy (non-hydrogen) atoms. The highest BCUT2D eigenvalue weighted by Crippen LogP contribution is 2.47. The summed E-state index contributed by atoms with van der Waals surface area (Å²) in [5.74, 6) is 0. The van der Waals surface area contributed by atoms with E-state index in [0.29, 0.717) is 0 Å². The molecule has 0 spiro atoms. The van der Waals surface area contributed by atoms with E-state index < -0.39 is 0 Å². The van der Waals surface area contributed by atoms with Crippen LogP contribution >= 0.6 is 11.3 Å². The number of allylic oxidation sites excluding steroid dienone is 4. The van der Waals surface area contributed by atoms with Crippen LogP contribution in [0.1, 0.15) is 39.8 Å². The number of nitrogens with zero attached hydrogens (tertiary/aromatic N) is 1. The van der Waals surface area contributed by atoms with E-state index >= 15 is 0 Å². The normalized spacial score (nSPS) is 14.0. The number of benzene rings is 6. The average Bonchev–Trinajstić information content (AvgIpc) is 3.30. The molecule has 1 aromatic heterocycles. The fraction of sp³-hybridized carbons (Fsp3) is 0.0426. The van der Waals surface area contributed by atoms with E-state index in [0.717, 1.165) is 35.4 Å². The maximum Gasteiger partial charge on any atom is 0.0711 e. The first-order chi connectivity index (χ1) is 24.3. The molecule has 0 unspecified atom stereocenters. The summed E-state index contributed by atoms with van der Waals surface area (Å²) in [4.78, 5) is 6.78. The standard InChI is InChI=1S/C47H33NS/c1-3-12-32(13-4-1)34-22-24-36(25-23-34)44-31-37(33-14-5-2-6-15-33)27-29-43(48-44)39-18-11-17-38(30-39)40-28-26-35-16-7-8-19-41(35)47-46(40)42-20-9-10-21-45(42)49-47/h1-25,27-28,30-31H,26,29H2. The van der Waals surface area contributed by atoms with Crippen molar-refractivity contribution in [3.05, 3.63) is 209 Å². The molecule has 0 atom stereocenters. The van der Waals surface area contributed by atoms with Crippen molar-refractivity contribution < 1.29 is 0 Å². The lowest BCUT2D eigenvalue weighted by Gasteiger charge is -2.12. The lowest BCUT2D eigenvalue weighted by atomic mass is 9.92. The molecule has 0 saturated carbocycles. The molecule has 9 rings (SSSR count). The van der Waals surface area contributed by atoms with E-state index in [1.807, 2.05) is 11.3 Å². The van der Waals surface area contributed by atoms with Gasteiger partial charge >= 0.3 is 0 Å². The van der Waals surface area contributed by atoms with Gasteiger partial charge in [0.2, 0.25) is 0 Å². The minimum atomic E-state index is 0.743. The van der Waals surface area contributed by atoms with Gasteiger partial charge in [0, 0.05) is 32.5 Å². The van der Waals surface area contributed by atoms with E-state index in [2.05, 4.69) is 176 Å². The minimum absolute atomic E-state index is 0.743. The summed E-state index contributed by atoms with van der Waals surface area (Å²) in [6.45, 7) is 0. The summed E-state index contributed by atoms with van der Waals surface area (Å²) in [7, 11) is 0. The van der Waals surface area contributed by atoms with Gasteiger partial charge in [0.05, 0.1) is 11.4 Å². The van der Waals surface area contributed by atoms with Crippen molar-refractivity contribution in [1.82, 2.24) is 0 Å². The zero-order valence-electron chi connectivity index (χ0n) is 27.0. The van der Waals surface area contributed by atoms with Crippen molar-refractivity contribution in [3.8, 4) is 21.6 Å². The molecular weight excluding hydrogens is 611 g/mol. The molecule has 0 fully saturated rings. The highest BCUT2D eigenvalue weighted by Gasteiger charge is 2.23. The van der Waals surface area contributed by atoms with Crippen LogP contribution in [0.4, 0.5) is 0 Å². The summed E-state index contributed by atoms with van der Waals surface area (Å²) in [5.41, 5.74) is 15.7. The maximum atomic E-state index is 5.42. The highest BCUT2D eigenvalue weighted by molar-refractivity contribution is 7.22. The van der Waals surface area contributed by atoms with Crippen LogP contribution in [0.2, 0.25) is 0 Å². The molecule has 2 heteroatoms. The monoisotopic (exact) mass is 643 g/mol. The molecule has 0 amide bonds. The van der Waals surface area contributed by atoms with E-state index in [4.69, 9.17) is 4.99 Å². The second-order valence-electron chi connectivity index (χ2n) is 12.6. The van der Waals surface area contributed by atoms with E-state index in [1.54, 1.807) is 0 Å². The molecule has 232 valence electrons. The molecule has 0 radical (unpaired) electrons. The van der Waals surface area contributed by atoms with Crippen LogP contribution in [0.15, 0.2) is 181 Å².